The van der Waals surface area contributed by atoms with Gasteiger partial charge in [-0.25, -0.2) is 0 Å². The van der Waals surface area contributed by atoms with E-state index in [1.807, 2.05) is 37.3 Å². The lowest BCUT2D eigenvalue weighted by Gasteiger charge is -2.20. The molecule has 0 radical (unpaired) electrons. The van der Waals surface area contributed by atoms with E-state index in [1.54, 1.807) is 6.92 Å². The highest BCUT2D eigenvalue weighted by Gasteiger charge is 2.30. The zero-order chi connectivity index (χ0) is 16.7. The molecule has 1 atom stereocenters. The normalized spacial score (nSPS) is 16.4. The van der Waals surface area contributed by atoms with Gasteiger partial charge in [0.25, 0.3) is 5.91 Å². The Kier molecular flexibility index (Phi) is 6.14. The molecule has 0 N–H and O–H groups in total. The zero-order valence-electron chi connectivity index (χ0n) is 13.5. The number of rotatable bonds is 7. The minimum Gasteiger partial charge on any atom is -0.465 e. The van der Waals surface area contributed by atoms with E-state index in [-0.39, 0.29) is 18.6 Å². The lowest BCUT2D eigenvalue weighted by molar-refractivity contribution is -0.147. The zero-order valence-corrected chi connectivity index (χ0v) is 13.5. The van der Waals surface area contributed by atoms with Crippen molar-refractivity contribution in [1.82, 2.24) is 4.90 Å². The predicted octanol–water partition coefficient (Wildman–Crippen LogP) is 2.31. The van der Waals surface area contributed by atoms with Gasteiger partial charge in [-0.15, -0.1) is 0 Å². The smallest absolute Gasteiger partial charge is 0.325 e. The van der Waals surface area contributed by atoms with Gasteiger partial charge < -0.3 is 14.5 Å². The second-order valence-corrected chi connectivity index (χ2v) is 5.28. The topological polar surface area (TPSA) is 68.2 Å². The van der Waals surface area contributed by atoms with Gasteiger partial charge in [0, 0.05) is 13.0 Å². The summed E-state index contributed by atoms with van der Waals surface area (Å²) in [7, 11) is 0. The molecule has 0 spiro atoms. The minimum absolute atomic E-state index is 0.0600. The number of hydrogen-bond acceptors (Lipinski definition) is 5. The van der Waals surface area contributed by atoms with Crippen molar-refractivity contribution in [2.75, 3.05) is 19.7 Å². The van der Waals surface area contributed by atoms with Crippen LogP contribution in [0.5, 0.6) is 0 Å². The van der Waals surface area contributed by atoms with E-state index in [0.29, 0.717) is 25.3 Å². The Morgan fingerprint density at radius 2 is 2.04 bits per heavy atom. The lowest BCUT2D eigenvalue weighted by Crippen LogP contribution is -2.40. The summed E-state index contributed by atoms with van der Waals surface area (Å²) >= 11 is 0. The molecule has 6 heteroatoms. The first-order valence-corrected chi connectivity index (χ1v) is 7.88. The maximum absolute atomic E-state index is 12.6. The molecule has 124 valence electrons. The van der Waals surface area contributed by atoms with Crippen LogP contribution in [0.25, 0.3) is 0 Å². The minimum atomic E-state index is -0.409. The van der Waals surface area contributed by atoms with Gasteiger partial charge in [0.15, 0.2) is 6.10 Å². The molecule has 23 heavy (non-hydrogen) atoms. The van der Waals surface area contributed by atoms with Crippen molar-refractivity contribution in [2.24, 2.45) is 5.16 Å². The first kappa shape index (κ1) is 17.0. The fourth-order valence-corrected chi connectivity index (χ4v) is 2.42. The van der Waals surface area contributed by atoms with Crippen LogP contribution in [0.3, 0.4) is 0 Å². The van der Waals surface area contributed by atoms with E-state index in [9.17, 15) is 9.59 Å². The Labute approximate surface area is 136 Å². The van der Waals surface area contributed by atoms with Crippen LogP contribution in [0.1, 0.15) is 38.4 Å². The molecule has 2 rings (SSSR count). The maximum Gasteiger partial charge on any atom is 0.325 e. The van der Waals surface area contributed by atoms with Crippen LogP contribution in [-0.2, 0) is 19.2 Å². The van der Waals surface area contributed by atoms with Crippen molar-refractivity contribution < 1.29 is 19.2 Å². The largest absolute Gasteiger partial charge is 0.465 e. The number of benzene rings is 1. The first-order valence-electron chi connectivity index (χ1n) is 7.88. The van der Waals surface area contributed by atoms with Crippen LogP contribution < -0.4 is 0 Å². The van der Waals surface area contributed by atoms with Crippen LogP contribution in [0.15, 0.2) is 35.5 Å². The predicted molar refractivity (Wildman–Crippen MR) is 85.8 cm³/mol. The van der Waals surface area contributed by atoms with Gasteiger partial charge in [0.2, 0.25) is 0 Å². The fraction of sp³-hybridized carbons (Fsp3) is 0.471. The van der Waals surface area contributed by atoms with Gasteiger partial charge in [-0.3, -0.25) is 9.59 Å². The Morgan fingerprint density at radius 3 is 2.70 bits per heavy atom. The molecule has 0 saturated carbocycles. The Hall–Kier alpha value is -2.37. The second kappa shape index (κ2) is 8.31. The van der Waals surface area contributed by atoms with E-state index < -0.39 is 5.97 Å². The van der Waals surface area contributed by atoms with Crippen LogP contribution in [0.2, 0.25) is 0 Å². The van der Waals surface area contributed by atoms with Crippen LogP contribution in [0, 0.1) is 0 Å². The molecule has 1 aliphatic heterocycles. The van der Waals surface area contributed by atoms with Crippen molar-refractivity contribution >= 4 is 17.6 Å². The Balaban J connectivity index is 1.99. The molecule has 1 heterocycles. The van der Waals surface area contributed by atoms with Crippen molar-refractivity contribution in [3.05, 3.63) is 35.9 Å². The van der Waals surface area contributed by atoms with Crippen LogP contribution in [0.4, 0.5) is 0 Å². The van der Waals surface area contributed by atoms with Crippen LogP contribution in [-0.4, -0.2) is 42.2 Å². The van der Waals surface area contributed by atoms with E-state index in [1.165, 1.54) is 4.90 Å². The summed E-state index contributed by atoms with van der Waals surface area (Å²) in [5.41, 5.74) is 1.32. The molecule has 6 nitrogen and oxygen atoms in total. The average Bonchev–Trinajstić information content (AvgIpc) is 3.05. The highest BCUT2D eigenvalue weighted by Crippen LogP contribution is 2.27. The molecule has 0 aromatic heterocycles. The molecule has 1 unspecified atom stereocenters. The fourth-order valence-electron chi connectivity index (χ4n) is 2.42. The second-order valence-electron chi connectivity index (χ2n) is 5.28. The third-order valence-electron chi connectivity index (χ3n) is 3.49. The standard InChI is InChI=1S/C17H22N2O4/c1-3-10-19(12-16(20)22-4-2)17(21)14-11-15(23-18-14)13-8-6-5-7-9-13/h5-9,15H,3-4,10-12H2,1-2H3. The molecule has 0 saturated heterocycles. The summed E-state index contributed by atoms with van der Waals surface area (Å²) in [6.07, 6.45) is 0.911. The number of carbonyl (C=O) groups is 2. The highest BCUT2D eigenvalue weighted by atomic mass is 16.6. The van der Waals surface area contributed by atoms with E-state index >= 15 is 0 Å². The average molecular weight is 318 g/mol. The van der Waals surface area contributed by atoms with Gasteiger partial charge in [0.05, 0.1) is 6.61 Å². The summed E-state index contributed by atoms with van der Waals surface area (Å²) < 4.78 is 4.92. The van der Waals surface area contributed by atoms with Gasteiger partial charge in [0.1, 0.15) is 12.3 Å². The molecule has 0 fully saturated rings. The molecule has 1 amide bonds. The van der Waals surface area contributed by atoms with Crippen molar-refractivity contribution in [3.8, 4) is 0 Å². The molecular formula is C17H22N2O4. The van der Waals surface area contributed by atoms with E-state index in [2.05, 4.69) is 5.16 Å². The third-order valence-corrected chi connectivity index (χ3v) is 3.49. The maximum atomic E-state index is 12.6. The summed E-state index contributed by atoms with van der Waals surface area (Å²) in [6.45, 7) is 4.41. The molecule has 1 aliphatic rings. The van der Waals surface area contributed by atoms with Crippen LogP contribution >= 0.6 is 0 Å². The third kappa shape index (κ3) is 4.55. The number of amides is 1. The van der Waals surface area contributed by atoms with Crippen molar-refractivity contribution in [2.45, 2.75) is 32.8 Å². The van der Waals surface area contributed by atoms with Crippen molar-refractivity contribution in [1.29, 1.82) is 0 Å². The number of hydrogen-bond donors (Lipinski definition) is 0. The Morgan fingerprint density at radius 1 is 1.30 bits per heavy atom. The summed E-state index contributed by atoms with van der Waals surface area (Å²) in [4.78, 5) is 31.0. The SMILES string of the molecule is CCCN(CC(=O)OCC)C(=O)C1=NOC(c2ccccc2)C1. The number of carbonyl (C=O) groups excluding carboxylic acids is 2. The number of ether oxygens (including phenoxy) is 1. The first-order chi connectivity index (χ1) is 11.2. The molecule has 0 bridgehead atoms. The number of oxime groups is 1. The number of nitrogens with zero attached hydrogens (tertiary/aromatic N) is 2. The highest BCUT2D eigenvalue weighted by molar-refractivity contribution is 6.39. The van der Waals surface area contributed by atoms with E-state index in [0.717, 1.165) is 12.0 Å². The molecular weight excluding hydrogens is 296 g/mol. The quantitative estimate of drug-likeness (QED) is 0.724. The Bertz CT molecular complexity index is 571. The summed E-state index contributed by atoms with van der Waals surface area (Å²) in [5.74, 6) is -0.674. The van der Waals surface area contributed by atoms with E-state index in [4.69, 9.17) is 9.57 Å². The summed E-state index contributed by atoms with van der Waals surface area (Å²) in [6, 6.07) is 9.64. The molecule has 1 aromatic carbocycles. The van der Waals surface area contributed by atoms with Gasteiger partial charge >= 0.3 is 5.97 Å². The molecule has 0 aliphatic carbocycles. The summed E-state index contributed by atoms with van der Waals surface area (Å²) in [5, 5.41) is 3.92. The van der Waals surface area contributed by atoms with Gasteiger partial charge in [-0.2, -0.15) is 0 Å². The lowest BCUT2D eigenvalue weighted by atomic mass is 10.0. The van der Waals surface area contributed by atoms with Gasteiger partial charge in [-0.05, 0) is 18.9 Å². The monoisotopic (exact) mass is 318 g/mol. The molecule has 1 aromatic rings. The van der Waals surface area contributed by atoms with Gasteiger partial charge in [-0.1, -0.05) is 42.4 Å². The van der Waals surface area contributed by atoms with Crippen molar-refractivity contribution in [3.63, 3.8) is 0 Å². The number of esters is 1.